The first kappa shape index (κ1) is 21.1. The molecule has 1 fully saturated rings. The van der Waals surface area contributed by atoms with Crippen LogP contribution in [0.1, 0.15) is 12.5 Å². The molecule has 1 aliphatic rings. The Balaban J connectivity index is 1.70. The van der Waals surface area contributed by atoms with Crippen molar-refractivity contribution in [3.8, 4) is 0 Å². The summed E-state index contributed by atoms with van der Waals surface area (Å²) >= 11 is 5.94. The Morgan fingerprint density at radius 3 is 2.59 bits per heavy atom. The van der Waals surface area contributed by atoms with Crippen molar-refractivity contribution in [3.63, 3.8) is 0 Å². The number of rotatable bonds is 6. The second kappa shape index (κ2) is 9.27. The summed E-state index contributed by atoms with van der Waals surface area (Å²) in [6, 6.07) is 6.60. The zero-order valence-corrected chi connectivity index (χ0v) is 17.6. The SMILES string of the molecule is CCNC(=O)N1CCN(c2nccnc2NS(=O)(=O)Cc2cccc(Cl)c2)CC1. The Morgan fingerprint density at radius 2 is 1.90 bits per heavy atom. The number of carbonyl (C=O) groups is 1. The molecule has 0 atom stereocenters. The molecule has 0 unspecified atom stereocenters. The second-order valence-corrected chi connectivity index (χ2v) is 8.69. The summed E-state index contributed by atoms with van der Waals surface area (Å²) in [5, 5.41) is 3.25. The van der Waals surface area contributed by atoms with Crippen LogP contribution in [0.4, 0.5) is 16.4 Å². The maximum absolute atomic E-state index is 12.6. The second-order valence-electron chi connectivity index (χ2n) is 6.53. The van der Waals surface area contributed by atoms with E-state index in [4.69, 9.17) is 11.6 Å². The number of sulfonamides is 1. The Bertz CT molecular complexity index is 964. The molecule has 29 heavy (non-hydrogen) atoms. The molecule has 2 heterocycles. The van der Waals surface area contributed by atoms with E-state index in [1.165, 1.54) is 12.4 Å². The molecular weight excluding hydrogens is 416 g/mol. The molecule has 0 saturated carbocycles. The fourth-order valence-electron chi connectivity index (χ4n) is 3.05. The molecule has 9 nitrogen and oxygen atoms in total. The lowest BCUT2D eigenvalue weighted by Crippen LogP contribution is -2.52. The number of benzene rings is 1. The average Bonchev–Trinajstić information content (AvgIpc) is 2.68. The van der Waals surface area contributed by atoms with Crippen molar-refractivity contribution in [3.05, 3.63) is 47.2 Å². The van der Waals surface area contributed by atoms with Gasteiger partial charge < -0.3 is 15.1 Å². The Labute approximate surface area is 175 Å². The maximum atomic E-state index is 12.6. The fourth-order valence-corrected chi connectivity index (χ4v) is 4.39. The van der Waals surface area contributed by atoms with Gasteiger partial charge in [-0.05, 0) is 24.6 Å². The van der Waals surface area contributed by atoms with Crippen LogP contribution in [0, 0.1) is 0 Å². The van der Waals surface area contributed by atoms with E-state index in [1.807, 2.05) is 11.8 Å². The number of hydrogen-bond donors (Lipinski definition) is 2. The van der Waals surface area contributed by atoms with E-state index < -0.39 is 10.0 Å². The third-order valence-electron chi connectivity index (χ3n) is 4.37. The van der Waals surface area contributed by atoms with Gasteiger partial charge in [-0.15, -0.1) is 0 Å². The van der Waals surface area contributed by atoms with Crippen LogP contribution in [0.3, 0.4) is 0 Å². The smallest absolute Gasteiger partial charge is 0.317 e. The number of aromatic nitrogens is 2. The van der Waals surface area contributed by atoms with Crippen LogP contribution in [0.5, 0.6) is 0 Å². The number of amides is 2. The molecular formula is C18H23ClN6O3S. The molecule has 0 spiro atoms. The third kappa shape index (κ3) is 5.70. The van der Waals surface area contributed by atoms with E-state index >= 15 is 0 Å². The molecule has 1 aromatic carbocycles. The van der Waals surface area contributed by atoms with Gasteiger partial charge in [-0.2, -0.15) is 0 Å². The predicted molar refractivity (Wildman–Crippen MR) is 113 cm³/mol. The summed E-state index contributed by atoms with van der Waals surface area (Å²) in [6.45, 7) is 4.52. The van der Waals surface area contributed by atoms with Crippen molar-refractivity contribution in [1.82, 2.24) is 20.2 Å². The first-order valence-electron chi connectivity index (χ1n) is 9.21. The minimum Gasteiger partial charge on any atom is -0.350 e. The standard InChI is InChI=1S/C18H23ClN6O3S/c1-2-20-18(26)25-10-8-24(9-11-25)17-16(21-6-7-22-17)23-29(27,28)13-14-4-3-5-15(19)12-14/h3-7,12H,2,8-11,13H2,1H3,(H,20,26)(H,21,23). The Kier molecular flexibility index (Phi) is 6.75. The minimum absolute atomic E-state index is 0.103. The van der Waals surface area contributed by atoms with Crippen molar-refractivity contribution in [2.75, 3.05) is 42.3 Å². The minimum atomic E-state index is -3.71. The molecule has 156 valence electrons. The fraction of sp³-hybridized carbons (Fsp3) is 0.389. The van der Waals surface area contributed by atoms with Gasteiger partial charge in [0.2, 0.25) is 10.0 Å². The van der Waals surface area contributed by atoms with Crippen molar-refractivity contribution in [1.29, 1.82) is 0 Å². The maximum Gasteiger partial charge on any atom is 0.317 e. The van der Waals surface area contributed by atoms with Crippen LogP contribution in [-0.2, 0) is 15.8 Å². The highest BCUT2D eigenvalue weighted by Crippen LogP contribution is 2.23. The zero-order chi connectivity index (χ0) is 20.9. The van der Waals surface area contributed by atoms with Crippen LogP contribution >= 0.6 is 11.6 Å². The lowest BCUT2D eigenvalue weighted by Gasteiger charge is -2.35. The van der Waals surface area contributed by atoms with E-state index in [0.717, 1.165) is 0 Å². The largest absolute Gasteiger partial charge is 0.350 e. The number of carbonyl (C=O) groups excluding carboxylic acids is 1. The quantitative estimate of drug-likeness (QED) is 0.713. The van der Waals surface area contributed by atoms with E-state index in [1.54, 1.807) is 29.2 Å². The normalized spacial score (nSPS) is 14.6. The molecule has 2 aromatic rings. The molecule has 2 amide bonds. The molecule has 1 saturated heterocycles. The molecule has 11 heteroatoms. The van der Waals surface area contributed by atoms with E-state index in [2.05, 4.69) is 20.0 Å². The summed E-state index contributed by atoms with van der Waals surface area (Å²) in [5.74, 6) is 0.382. The Hall–Kier alpha value is -2.59. The van der Waals surface area contributed by atoms with Crippen molar-refractivity contribution < 1.29 is 13.2 Å². The van der Waals surface area contributed by atoms with Crippen LogP contribution in [0.25, 0.3) is 0 Å². The number of piperazine rings is 1. The summed E-state index contributed by atoms with van der Waals surface area (Å²) in [5.41, 5.74) is 0.575. The van der Waals surface area contributed by atoms with E-state index in [0.29, 0.717) is 49.1 Å². The van der Waals surface area contributed by atoms with Gasteiger partial charge in [-0.25, -0.2) is 23.2 Å². The lowest BCUT2D eigenvalue weighted by atomic mass is 10.2. The molecule has 0 aliphatic carbocycles. The number of halogens is 1. The van der Waals surface area contributed by atoms with Gasteiger partial charge in [0.15, 0.2) is 11.6 Å². The number of nitrogens with zero attached hydrogens (tertiary/aromatic N) is 4. The lowest BCUT2D eigenvalue weighted by molar-refractivity contribution is 0.195. The topological polar surface area (TPSA) is 108 Å². The van der Waals surface area contributed by atoms with Gasteiger partial charge in [0, 0.05) is 50.1 Å². The van der Waals surface area contributed by atoms with Crippen molar-refractivity contribution in [2.24, 2.45) is 0 Å². The van der Waals surface area contributed by atoms with Gasteiger partial charge in [0.05, 0.1) is 5.75 Å². The van der Waals surface area contributed by atoms with Gasteiger partial charge >= 0.3 is 6.03 Å². The molecule has 1 aromatic heterocycles. The van der Waals surface area contributed by atoms with E-state index in [-0.39, 0.29) is 17.6 Å². The monoisotopic (exact) mass is 438 g/mol. The van der Waals surface area contributed by atoms with Gasteiger partial charge in [-0.1, -0.05) is 23.7 Å². The molecule has 3 rings (SSSR count). The van der Waals surface area contributed by atoms with Gasteiger partial charge in [0.25, 0.3) is 0 Å². The molecule has 0 radical (unpaired) electrons. The van der Waals surface area contributed by atoms with Crippen molar-refractivity contribution >= 4 is 39.3 Å². The van der Waals surface area contributed by atoms with Crippen LogP contribution < -0.4 is 14.9 Å². The van der Waals surface area contributed by atoms with E-state index in [9.17, 15) is 13.2 Å². The first-order chi connectivity index (χ1) is 13.9. The molecule has 2 N–H and O–H groups in total. The highest BCUT2D eigenvalue weighted by Gasteiger charge is 2.25. The first-order valence-corrected chi connectivity index (χ1v) is 11.2. The molecule has 0 bridgehead atoms. The van der Waals surface area contributed by atoms with Crippen LogP contribution in [0.15, 0.2) is 36.7 Å². The summed E-state index contributed by atoms with van der Waals surface area (Å²) < 4.78 is 27.8. The number of urea groups is 1. The van der Waals surface area contributed by atoms with Crippen molar-refractivity contribution in [2.45, 2.75) is 12.7 Å². The highest BCUT2D eigenvalue weighted by atomic mass is 35.5. The zero-order valence-electron chi connectivity index (χ0n) is 16.0. The molecule has 1 aliphatic heterocycles. The predicted octanol–water partition coefficient (Wildman–Crippen LogP) is 1.92. The van der Waals surface area contributed by atoms with Crippen LogP contribution in [-0.4, -0.2) is 62.0 Å². The number of hydrogen-bond acceptors (Lipinski definition) is 6. The average molecular weight is 439 g/mol. The van der Waals surface area contributed by atoms with Crippen LogP contribution in [0.2, 0.25) is 5.02 Å². The summed E-state index contributed by atoms with van der Waals surface area (Å²) in [7, 11) is -3.71. The third-order valence-corrected chi connectivity index (χ3v) is 5.82. The Morgan fingerprint density at radius 1 is 1.17 bits per heavy atom. The van der Waals surface area contributed by atoms with Gasteiger partial charge in [-0.3, -0.25) is 4.72 Å². The highest BCUT2D eigenvalue weighted by molar-refractivity contribution is 7.91. The summed E-state index contributed by atoms with van der Waals surface area (Å²) in [6.07, 6.45) is 2.95. The number of nitrogens with one attached hydrogen (secondary N) is 2. The summed E-state index contributed by atoms with van der Waals surface area (Å²) in [4.78, 5) is 24.1. The van der Waals surface area contributed by atoms with Gasteiger partial charge in [0.1, 0.15) is 0 Å². The number of anilines is 2.